The van der Waals surface area contributed by atoms with Gasteiger partial charge in [-0.15, -0.1) is 0 Å². The van der Waals surface area contributed by atoms with E-state index >= 15 is 0 Å². The van der Waals surface area contributed by atoms with Crippen LogP contribution in [0.3, 0.4) is 0 Å². The molecule has 1 heterocycles. The third-order valence-electron chi connectivity index (χ3n) is 2.55. The lowest BCUT2D eigenvalue weighted by Gasteiger charge is -2.10. The first-order valence-corrected chi connectivity index (χ1v) is 6.26. The van der Waals surface area contributed by atoms with Crippen molar-refractivity contribution in [2.45, 2.75) is 6.04 Å². The highest BCUT2D eigenvalue weighted by Crippen LogP contribution is 2.20. The first-order chi connectivity index (χ1) is 8.97. The Balaban J connectivity index is 2.10. The van der Waals surface area contributed by atoms with Gasteiger partial charge in [-0.2, -0.15) is 5.10 Å². The van der Waals surface area contributed by atoms with Gasteiger partial charge >= 0.3 is 0 Å². The van der Waals surface area contributed by atoms with Crippen molar-refractivity contribution in [2.75, 3.05) is 5.32 Å². The summed E-state index contributed by atoms with van der Waals surface area (Å²) in [6, 6.07) is 3.47. The molecule has 0 saturated carbocycles. The van der Waals surface area contributed by atoms with Crippen LogP contribution in [0.2, 0.25) is 0 Å². The molecule has 3 N–H and O–H groups in total. The topological polar surface area (TPSA) is 72.9 Å². The number of carbonyl (C=O) groups excluding carboxylic acids is 1. The molecular weight excluding hydrogens is 315 g/mol. The number of benzene rings is 1. The molecule has 1 aromatic heterocycles. The maximum absolute atomic E-state index is 13.3. The van der Waals surface area contributed by atoms with Gasteiger partial charge in [0.25, 0.3) is 0 Å². The monoisotopic (exact) mass is 326 g/mol. The zero-order chi connectivity index (χ0) is 14.0. The summed E-state index contributed by atoms with van der Waals surface area (Å²) in [4.78, 5) is 11.9. The number of hydrogen-bond acceptors (Lipinski definition) is 3. The highest BCUT2D eigenvalue weighted by molar-refractivity contribution is 9.10. The minimum atomic E-state index is -0.847. The van der Waals surface area contributed by atoms with Crippen LogP contribution in [-0.4, -0.2) is 15.7 Å². The third-order valence-corrected chi connectivity index (χ3v) is 3.20. The molecule has 0 bridgehead atoms. The van der Waals surface area contributed by atoms with Crippen LogP contribution in [0, 0.1) is 5.82 Å². The van der Waals surface area contributed by atoms with E-state index in [-0.39, 0.29) is 0 Å². The first kappa shape index (κ1) is 13.7. The number of anilines is 1. The highest BCUT2D eigenvalue weighted by atomic mass is 79.9. The number of nitrogens with one attached hydrogen (secondary N) is 1. The number of nitrogens with two attached hydrogens (primary N) is 1. The van der Waals surface area contributed by atoms with E-state index in [0.29, 0.717) is 15.7 Å². The second-order valence-electron chi connectivity index (χ2n) is 4.04. The van der Waals surface area contributed by atoms with E-state index in [1.54, 1.807) is 24.0 Å². The number of hydrogen-bond donors (Lipinski definition) is 2. The maximum atomic E-state index is 13.3. The van der Waals surface area contributed by atoms with Gasteiger partial charge in [-0.3, -0.25) is 9.48 Å². The summed E-state index contributed by atoms with van der Waals surface area (Å²) in [5.41, 5.74) is 6.75. The zero-order valence-electron chi connectivity index (χ0n) is 10.1. The van der Waals surface area contributed by atoms with Crippen molar-refractivity contribution in [1.29, 1.82) is 0 Å². The molecule has 1 amide bonds. The van der Waals surface area contributed by atoms with E-state index in [0.717, 1.165) is 0 Å². The van der Waals surface area contributed by atoms with Crippen molar-refractivity contribution in [3.63, 3.8) is 0 Å². The third kappa shape index (κ3) is 3.18. The lowest BCUT2D eigenvalue weighted by Crippen LogP contribution is -2.27. The molecule has 0 fully saturated rings. The minimum absolute atomic E-state index is 0.335. The smallest absolute Gasteiger partial charge is 0.246 e. The van der Waals surface area contributed by atoms with Crippen molar-refractivity contribution in [2.24, 2.45) is 12.8 Å². The Morgan fingerprint density at radius 2 is 2.32 bits per heavy atom. The molecule has 0 aliphatic heterocycles. The van der Waals surface area contributed by atoms with Crippen molar-refractivity contribution in [3.05, 3.63) is 46.4 Å². The van der Waals surface area contributed by atoms with E-state index < -0.39 is 17.8 Å². The number of nitrogens with zero attached hydrogens (tertiary/aromatic N) is 2. The SMILES string of the molecule is Cn1cc(C(N)C(=O)Nc2ccc(Br)c(F)c2)cn1. The second kappa shape index (κ2) is 5.50. The number of aryl methyl sites for hydroxylation is 1. The maximum Gasteiger partial charge on any atom is 0.246 e. The largest absolute Gasteiger partial charge is 0.324 e. The van der Waals surface area contributed by atoms with Gasteiger partial charge in [-0.1, -0.05) is 0 Å². The van der Waals surface area contributed by atoms with E-state index in [9.17, 15) is 9.18 Å². The van der Waals surface area contributed by atoms with Gasteiger partial charge in [-0.25, -0.2) is 4.39 Å². The van der Waals surface area contributed by atoms with Gasteiger partial charge in [0.15, 0.2) is 0 Å². The second-order valence-corrected chi connectivity index (χ2v) is 4.90. The zero-order valence-corrected chi connectivity index (χ0v) is 11.7. The van der Waals surface area contributed by atoms with Crippen LogP contribution in [0.25, 0.3) is 0 Å². The molecular formula is C12H12BrFN4O. The van der Waals surface area contributed by atoms with Crippen LogP contribution in [-0.2, 0) is 11.8 Å². The average Bonchev–Trinajstić information content (AvgIpc) is 2.79. The van der Waals surface area contributed by atoms with Crippen LogP contribution in [0.4, 0.5) is 10.1 Å². The molecule has 2 aromatic rings. The molecule has 0 aliphatic carbocycles. The fraction of sp³-hybridized carbons (Fsp3) is 0.167. The molecule has 0 saturated heterocycles. The molecule has 19 heavy (non-hydrogen) atoms. The van der Waals surface area contributed by atoms with Gasteiger partial charge in [0.05, 0.1) is 10.7 Å². The summed E-state index contributed by atoms with van der Waals surface area (Å²) in [7, 11) is 1.73. The van der Waals surface area contributed by atoms with Gasteiger partial charge in [0.1, 0.15) is 11.9 Å². The Hall–Kier alpha value is -1.73. The minimum Gasteiger partial charge on any atom is -0.324 e. The summed E-state index contributed by atoms with van der Waals surface area (Å²) < 4.78 is 15.2. The van der Waals surface area contributed by atoms with Crippen LogP contribution < -0.4 is 11.1 Å². The molecule has 1 atom stereocenters. The molecule has 5 nitrogen and oxygen atoms in total. The first-order valence-electron chi connectivity index (χ1n) is 5.47. The Morgan fingerprint density at radius 3 is 2.89 bits per heavy atom. The summed E-state index contributed by atoms with van der Waals surface area (Å²) in [6.07, 6.45) is 3.18. The Labute approximate surface area is 117 Å². The van der Waals surface area contributed by atoms with Gasteiger partial charge in [-0.05, 0) is 34.1 Å². The van der Waals surface area contributed by atoms with E-state index in [1.807, 2.05) is 0 Å². The lowest BCUT2D eigenvalue weighted by atomic mass is 10.1. The fourth-order valence-corrected chi connectivity index (χ4v) is 1.79. The summed E-state index contributed by atoms with van der Waals surface area (Å²) in [6.45, 7) is 0. The van der Waals surface area contributed by atoms with Crippen molar-refractivity contribution in [3.8, 4) is 0 Å². The van der Waals surface area contributed by atoms with Gasteiger partial charge in [0, 0.05) is 24.5 Å². The quantitative estimate of drug-likeness (QED) is 0.905. The molecule has 0 spiro atoms. The van der Waals surface area contributed by atoms with Crippen molar-refractivity contribution in [1.82, 2.24) is 9.78 Å². The Bertz CT molecular complexity index is 614. The van der Waals surface area contributed by atoms with Crippen LogP contribution in [0.1, 0.15) is 11.6 Å². The molecule has 0 radical (unpaired) electrons. The average molecular weight is 327 g/mol. The van der Waals surface area contributed by atoms with Gasteiger partial charge in [0.2, 0.25) is 5.91 Å². The standard InChI is InChI=1S/C12H12BrFN4O/c1-18-6-7(5-16-18)11(15)12(19)17-8-2-3-9(13)10(14)4-8/h2-6,11H,15H2,1H3,(H,17,19). The summed E-state index contributed by atoms with van der Waals surface area (Å²) in [5.74, 6) is -0.873. The molecule has 1 aromatic carbocycles. The van der Waals surface area contributed by atoms with Crippen molar-refractivity contribution < 1.29 is 9.18 Å². The van der Waals surface area contributed by atoms with Crippen LogP contribution in [0.15, 0.2) is 35.1 Å². The molecule has 1 unspecified atom stereocenters. The predicted molar refractivity (Wildman–Crippen MR) is 72.9 cm³/mol. The highest BCUT2D eigenvalue weighted by Gasteiger charge is 2.17. The fourth-order valence-electron chi connectivity index (χ4n) is 1.55. The number of amides is 1. The summed E-state index contributed by atoms with van der Waals surface area (Å²) >= 11 is 3.04. The predicted octanol–water partition coefficient (Wildman–Crippen LogP) is 1.96. The number of rotatable bonds is 3. The Kier molecular flexibility index (Phi) is 3.96. The number of aromatic nitrogens is 2. The molecule has 100 valence electrons. The molecule has 2 rings (SSSR count). The van der Waals surface area contributed by atoms with Crippen LogP contribution in [0.5, 0.6) is 0 Å². The lowest BCUT2D eigenvalue weighted by molar-refractivity contribution is -0.117. The molecule has 0 aliphatic rings. The van der Waals surface area contributed by atoms with Crippen LogP contribution >= 0.6 is 15.9 Å². The van der Waals surface area contributed by atoms with E-state index in [1.165, 1.54) is 18.3 Å². The van der Waals surface area contributed by atoms with E-state index in [2.05, 4.69) is 26.3 Å². The van der Waals surface area contributed by atoms with Gasteiger partial charge < -0.3 is 11.1 Å². The normalized spacial score (nSPS) is 12.2. The number of halogens is 2. The summed E-state index contributed by atoms with van der Waals surface area (Å²) in [5, 5.41) is 6.50. The Morgan fingerprint density at radius 1 is 1.58 bits per heavy atom. The van der Waals surface area contributed by atoms with E-state index in [4.69, 9.17) is 5.73 Å². The molecule has 7 heteroatoms. The number of carbonyl (C=O) groups is 1. The van der Waals surface area contributed by atoms with Crippen molar-refractivity contribution >= 4 is 27.5 Å².